The SMILES string of the molecule is CCCCCCCN1C[C@H](OCc2ccccc2)[C@@H](OCc2ccccc2)[C@H](OCc2ccccc2)[C@@H]1COCc1ccccc1. The monoisotopic (exact) mass is 621 g/mol. The maximum absolute atomic E-state index is 6.92. The van der Waals surface area contributed by atoms with Crippen LogP contribution in [-0.2, 0) is 45.4 Å². The molecule has 4 atom stereocenters. The van der Waals surface area contributed by atoms with Gasteiger partial charge in [0.1, 0.15) is 12.2 Å². The zero-order chi connectivity index (χ0) is 31.7. The molecule has 1 heterocycles. The Kier molecular flexibility index (Phi) is 14.3. The van der Waals surface area contributed by atoms with E-state index in [-0.39, 0.29) is 24.4 Å². The average Bonchev–Trinajstić information content (AvgIpc) is 3.11. The van der Waals surface area contributed by atoms with Crippen molar-refractivity contribution in [1.29, 1.82) is 0 Å². The molecule has 0 aromatic heterocycles. The van der Waals surface area contributed by atoms with E-state index in [1.165, 1.54) is 31.2 Å². The molecule has 1 aliphatic heterocycles. The van der Waals surface area contributed by atoms with Gasteiger partial charge in [-0.2, -0.15) is 0 Å². The van der Waals surface area contributed by atoms with Crippen molar-refractivity contribution < 1.29 is 18.9 Å². The van der Waals surface area contributed by atoms with E-state index in [1.54, 1.807) is 0 Å². The van der Waals surface area contributed by atoms with E-state index < -0.39 is 0 Å². The van der Waals surface area contributed by atoms with Crippen LogP contribution < -0.4 is 0 Å². The van der Waals surface area contributed by atoms with Crippen LogP contribution in [0.4, 0.5) is 0 Å². The van der Waals surface area contributed by atoms with Crippen molar-refractivity contribution in [2.24, 2.45) is 0 Å². The van der Waals surface area contributed by atoms with Crippen molar-refractivity contribution in [3.63, 3.8) is 0 Å². The number of ether oxygens (including phenoxy) is 4. The second kappa shape index (κ2) is 19.4. The maximum atomic E-state index is 6.92. The van der Waals surface area contributed by atoms with Crippen LogP contribution in [0, 0.1) is 0 Å². The number of piperidine rings is 1. The number of benzene rings is 4. The molecular weight excluding hydrogens is 570 g/mol. The highest BCUT2D eigenvalue weighted by atomic mass is 16.6. The standard InChI is InChI=1S/C41H51NO4/c1-2-3-4-5-18-27-42-28-39(44-30-35-21-12-7-13-22-35)41(46-32-37-25-16-9-17-26-37)40(45-31-36-23-14-8-15-24-36)38(42)33-43-29-34-19-10-6-11-20-34/h6-17,19-26,38-41H,2-5,18,27-33H2,1H3/t38-,39-,40+,41+/m0/s1. The number of likely N-dealkylation sites (tertiary alicyclic amines) is 1. The van der Waals surface area contributed by atoms with Crippen LogP contribution in [0.3, 0.4) is 0 Å². The third kappa shape index (κ3) is 10.9. The smallest absolute Gasteiger partial charge is 0.113 e. The van der Waals surface area contributed by atoms with Crippen molar-refractivity contribution in [3.05, 3.63) is 144 Å². The molecule has 0 saturated carbocycles. The van der Waals surface area contributed by atoms with E-state index in [2.05, 4.69) is 109 Å². The fourth-order valence-corrected chi connectivity index (χ4v) is 6.22. The van der Waals surface area contributed by atoms with Gasteiger partial charge < -0.3 is 18.9 Å². The Labute approximate surface area is 276 Å². The molecule has 5 heteroatoms. The summed E-state index contributed by atoms with van der Waals surface area (Å²) in [6.45, 7) is 6.66. The fraction of sp³-hybridized carbons (Fsp3) is 0.415. The van der Waals surface area contributed by atoms with Crippen LogP contribution >= 0.6 is 0 Å². The van der Waals surface area contributed by atoms with Crippen molar-refractivity contribution in [3.8, 4) is 0 Å². The Balaban J connectivity index is 1.41. The molecule has 0 aliphatic carbocycles. The molecule has 46 heavy (non-hydrogen) atoms. The quantitative estimate of drug-likeness (QED) is 0.0981. The molecular formula is C41H51NO4. The third-order valence-electron chi connectivity index (χ3n) is 8.78. The van der Waals surface area contributed by atoms with E-state index >= 15 is 0 Å². The fourth-order valence-electron chi connectivity index (χ4n) is 6.22. The summed E-state index contributed by atoms with van der Waals surface area (Å²) in [5.41, 5.74) is 4.62. The predicted octanol–water partition coefficient (Wildman–Crippen LogP) is 8.61. The topological polar surface area (TPSA) is 40.2 Å². The van der Waals surface area contributed by atoms with Gasteiger partial charge in [0, 0.05) is 6.54 Å². The molecule has 0 N–H and O–H groups in total. The summed E-state index contributed by atoms with van der Waals surface area (Å²) in [6, 6.07) is 41.7. The maximum Gasteiger partial charge on any atom is 0.113 e. The Bertz CT molecular complexity index is 1340. The van der Waals surface area contributed by atoms with Gasteiger partial charge in [-0.1, -0.05) is 154 Å². The average molecular weight is 622 g/mol. The summed E-state index contributed by atoms with van der Waals surface area (Å²) in [5.74, 6) is 0. The van der Waals surface area contributed by atoms with Crippen LogP contribution in [0.25, 0.3) is 0 Å². The molecule has 0 bridgehead atoms. The first-order chi connectivity index (χ1) is 22.8. The van der Waals surface area contributed by atoms with Gasteiger partial charge in [0.05, 0.1) is 45.2 Å². The first-order valence-corrected chi connectivity index (χ1v) is 17.1. The molecule has 0 spiro atoms. The van der Waals surface area contributed by atoms with E-state index in [0.29, 0.717) is 33.0 Å². The van der Waals surface area contributed by atoms with Crippen LogP contribution in [-0.4, -0.2) is 49.0 Å². The lowest BCUT2D eigenvalue weighted by atomic mass is 9.92. The number of hydrogen-bond donors (Lipinski definition) is 0. The lowest BCUT2D eigenvalue weighted by molar-refractivity contribution is -0.210. The Morgan fingerprint density at radius 3 is 1.50 bits per heavy atom. The summed E-state index contributed by atoms with van der Waals surface area (Å²) in [4.78, 5) is 2.56. The highest BCUT2D eigenvalue weighted by Gasteiger charge is 2.46. The lowest BCUT2D eigenvalue weighted by Crippen LogP contribution is -2.64. The normalized spacial score (nSPS) is 20.1. The molecule has 0 amide bonds. The molecule has 0 unspecified atom stereocenters. The number of hydrogen-bond acceptors (Lipinski definition) is 5. The first-order valence-electron chi connectivity index (χ1n) is 17.1. The van der Waals surface area contributed by atoms with Crippen molar-refractivity contribution in [1.82, 2.24) is 4.90 Å². The zero-order valence-electron chi connectivity index (χ0n) is 27.4. The molecule has 4 aromatic carbocycles. The van der Waals surface area contributed by atoms with Gasteiger partial charge in [-0.3, -0.25) is 4.90 Å². The van der Waals surface area contributed by atoms with E-state index in [9.17, 15) is 0 Å². The van der Waals surface area contributed by atoms with E-state index in [1.807, 2.05) is 24.3 Å². The second-order valence-corrected chi connectivity index (χ2v) is 12.3. The zero-order valence-corrected chi connectivity index (χ0v) is 27.4. The minimum Gasteiger partial charge on any atom is -0.375 e. The Hall–Kier alpha value is -3.32. The van der Waals surface area contributed by atoms with Crippen molar-refractivity contribution in [2.75, 3.05) is 19.7 Å². The highest BCUT2D eigenvalue weighted by Crippen LogP contribution is 2.30. The summed E-state index contributed by atoms with van der Waals surface area (Å²) in [5, 5.41) is 0. The van der Waals surface area contributed by atoms with Gasteiger partial charge in [0.25, 0.3) is 0 Å². The first kappa shape index (κ1) is 34.0. The molecule has 1 saturated heterocycles. The number of rotatable bonds is 19. The molecule has 5 nitrogen and oxygen atoms in total. The van der Waals surface area contributed by atoms with Gasteiger partial charge in [-0.05, 0) is 35.2 Å². The van der Waals surface area contributed by atoms with Gasteiger partial charge in [0.2, 0.25) is 0 Å². The number of nitrogens with zero attached hydrogens (tertiary/aromatic N) is 1. The minimum atomic E-state index is -0.269. The highest BCUT2D eigenvalue weighted by molar-refractivity contribution is 5.16. The van der Waals surface area contributed by atoms with Gasteiger partial charge in [-0.25, -0.2) is 0 Å². The molecule has 1 fully saturated rings. The van der Waals surface area contributed by atoms with Crippen LogP contribution in [0.15, 0.2) is 121 Å². The number of unbranched alkanes of at least 4 members (excludes halogenated alkanes) is 4. The largest absolute Gasteiger partial charge is 0.375 e. The molecule has 244 valence electrons. The lowest BCUT2D eigenvalue weighted by Gasteiger charge is -2.48. The Morgan fingerprint density at radius 1 is 0.522 bits per heavy atom. The summed E-state index contributed by atoms with van der Waals surface area (Å²) in [6.07, 6.45) is 5.48. The van der Waals surface area contributed by atoms with Crippen molar-refractivity contribution in [2.45, 2.75) is 89.8 Å². The van der Waals surface area contributed by atoms with Crippen molar-refractivity contribution >= 4 is 0 Å². The summed E-state index contributed by atoms with van der Waals surface area (Å²) < 4.78 is 27.0. The molecule has 0 radical (unpaired) electrons. The minimum absolute atomic E-state index is 0.0240. The molecule has 1 aliphatic rings. The van der Waals surface area contributed by atoms with Gasteiger partial charge in [0.15, 0.2) is 0 Å². The third-order valence-corrected chi connectivity index (χ3v) is 8.78. The van der Waals surface area contributed by atoms with Crippen LogP contribution in [0.1, 0.15) is 61.3 Å². The summed E-state index contributed by atoms with van der Waals surface area (Å²) >= 11 is 0. The molecule has 5 rings (SSSR count). The van der Waals surface area contributed by atoms with Gasteiger partial charge >= 0.3 is 0 Å². The molecule has 4 aromatic rings. The predicted molar refractivity (Wildman–Crippen MR) is 185 cm³/mol. The van der Waals surface area contributed by atoms with E-state index in [4.69, 9.17) is 18.9 Å². The van der Waals surface area contributed by atoms with Crippen LogP contribution in [0.5, 0.6) is 0 Å². The second-order valence-electron chi connectivity index (χ2n) is 12.3. The Morgan fingerprint density at radius 2 is 0.978 bits per heavy atom. The van der Waals surface area contributed by atoms with E-state index in [0.717, 1.165) is 36.2 Å². The van der Waals surface area contributed by atoms with Gasteiger partial charge in [-0.15, -0.1) is 0 Å². The summed E-state index contributed by atoms with van der Waals surface area (Å²) in [7, 11) is 0. The van der Waals surface area contributed by atoms with Crippen LogP contribution in [0.2, 0.25) is 0 Å².